The van der Waals surface area contributed by atoms with E-state index in [1.165, 1.54) is 0 Å². The molecule has 0 radical (unpaired) electrons. The molecule has 0 N–H and O–H groups in total. The van der Waals surface area contributed by atoms with Crippen molar-refractivity contribution in [1.29, 1.82) is 0 Å². The first-order chi connectivity index (χ1) is 19.6. The third-order valence-electron chi connectivity index (χ3n) is 8.76. The molecule has 4 nitrogen and oxygen atoms in total. The number of carbonyl (C=O) groups is 1. The van der Waals surface area contributed by atoms with Crippen molar-refractivity contribution in [3.05, 3.63) is 95.4 Å². The van der Waals surface area contributed by atoms with Gasteiger partial charge in [-0.2, -0.15) is 0 Å². The molecule has 0 unspecified atom stereocenters. The maximum absolute atomic E-state index is 14.8. The summed E-state index contributed by atoms with van der Waals surface area (Å²) in [5, 5.41) is -0.734. The molecule has 3 aromatic carbocycles. The van der Waals surface area contributed by atoms with Gasteiger partial charge in [-0.1, -0.05) is 0 Å². The van der Waals surface area contributed by atoms with Crippen molar-refractivity contribution >= 4 is 45.7 Å². The Hall–Kier alpha value is -2.31. The van der Waals surface area contributed by atoms with E-state index in [1.54, 1.807) is 43.1 Å². The summed E-state index contributed by atoms with van der Waals surface area (Å²) >= 11 is 1.28. The predicted octanol–water partition coefficient (Wildman–Crippen LogP) is 7.07. The second-order valence-electron chi connectivity index (χ2n) is 12.0. The minimum atomic E-state index is -3.80. The Kier molecular flexibility index (Phi) is 8.92. The third-order valence-corrected chi connectivity index (χ3v) is 14.2. The number of sulfone groups is 1. The first-order valence-electron chi connectivity index (χ1n) is 14.1. The fraction of sp³-hybridized carbons (Fsp3) is 0.382. The standard InChI is InChI=1S/C34H38O4S2Se/c1-24-22-34(23-29(35)41-28-14-9-6-10-15-28)21-11-20-33(2,3)32(34)31(30(24)39-26-12-7-5-8-13-26)40(36,37)27-18-16-25(38-4)17-19-27/h5-10,12-19,31-32H,11,20-23H2,1-4H3/t31-,32-,34-/m0/s1. The fourth-order valence-corrected chi connectivity index (χ4v) is 13.0. The summed E-state index contributed by atoms with van der Waals surface area (Å²) in [6.45, 7) is 6.54. The number of hydrogen-bond acceptors (Lipinski definition) is 5. The van der Waals surface area contributed by atoms with Gasteiger partial charge in [0.15, 0.2) is 0 Å². The van der Waals surface area contributed by atoms with Gasteiger partial charge in [0.2, 0.25) is 0 Å². The summed E-state index contributed by atoms with van der Waals surface area (Å²) in [6, 6.07) is 26.8. The van der Waals surface area contributed by atoms with E-state index in [9.17, 15) is 13.2 Å². The molecule has 1 fully saturated rings. The molecule has 0 heterocycles. The monoisotopic (exact) mass is 654 g/mol. The van der Waals surface area contributed by atoms with Gasteiger partial charge in [0.25, 0.3) is 0 Å². The number of thioether (sulfide) groups is 1. The summed E-state index contributed by atoms with van der Waals surface area (Å²) in [6.07, 6.45) is 3.98. The molecule has 2 aliphatic rings. The molecule has 0 aromatic heterocycles. The molecule has 7 heteroatoms. The van der Waals surface area contributed by atoms with Crippen molar-refractivity contribution in [3.63, 3.8) is 0 Å². The molecule has 0 amide bonds. The number of hydrogen-bond donors (Lipinski definition) is 0. The van der Waals surface area contributed by atoms with Crippen LogP contribution in [0.5, 0.6) is 5.75 Å². The van der Waals surface area contributed by atoms with Crippen molar-refractivity contribution in [2.24, 2.45) is 16.7 Å². The van der Waals surface area contributed by atoms with Crippen LogP contribution in [0, 0.1) is 16.7 Å². The van der Waals surface area contributed by atoms with E-state index >= 15 is 0 Å². The zero-order valence-corrected chi connectivity index (χ0v) is 27.5. The molecule has 2 aliphatic carbocycles. The molecular weight excluding hydrogens is 615 g/mol. The van der Waals surface area contributed by atoms with Crippen LogP contribution in [-0.2, 0) is 14.6 Å². The number of ether oxygens (including phenoxy) is 1. The molecule has 3 aromatic rings. The van der Waals surface area contributed by atoms with Crippen LogP contribution in [0.3, 0.4) is 0 Å². The Morgan fingerprint density at radius 3 is 2.22 bits per heavy atom. The quantitative estimate of drug-likeness (QED) is 0.232. The number of benzene rings is 3. The Bertz CT molecular complexity index is 1520. The van der Waals surface area contributed by atoms with Gasteiger partial charge in [-0.3, -0.25) is 0 Å². The average molecular weight is 654 g/mol. The van der Waals surface area contributed by atoms with Gasteiger partial charge >= 0.3 is 257 Å². The molecule has 0 saturated heterocycles. The van der Waals surface area contributed by atoms with Crippen LogP contribution < -0.4 is 9.20 Å². The summed E-state index contributed by atoms with van der Waals surface area (Å²) in [5.41, 5.74) is 0.436. The zero-order valence-electron chi connectivity index (χ0n) is 24.1. The normalized spacial score (nSPS) is 24.0. The topological polar surface area (TPSA) is 60.4 Å². The van der Waals surface area contributed by atoms with Crippen LogP contribution in [0.15, 0.2) is 105 Å². The SMILES string of the molecule is COc1ccc(S(=O)(=O)[C@H]2C(Sc3ccccc3)=C(C)C[C@]3(CC(=O)[Se]c4ccccc4)CCCC(C)(C)[C@H]23)cc1. The molecule has 216 valence electrons. The third kappa shape index (κ3) is 6.24. The molecule has 0 spiro atoms. The van der Waals surface area contributed by atoms with Gasteiger partial charge in [-0.15, -0.1) is 0 Å². The number of rotatable bonds is 9. The Labute approximate surface area is 255 Å². The van der Waals surface area contributed by atoms with Crippen molar-refractivity contribution < 1.29 is 17.9 Å². The van der Waals surface area contributed by atoms with Gasteiger partial charge in [0, 0.05) is 0 Å². The Morgan fingerprint density at radius 1 is 0.951 bits per heavy atom. The second-order valence-corrected chi connectivity index (χ2v) is 17.6. The second kappa shape index (κ2) is 12.1. The van der Waals surface area contributed by atoms with E-state index in [-0.39, 0.29) is 31.0 Å². The van der Waals surface area contributed by atoms with E-state index in [2.05, 4.69) is 20.8 Å². The first kappa shape index (κ1) is 30.2. The number of fused-ring (bicyclic) bond motifs is 1. The van der Waals surface area contributed by atoms with E-state index in [4.69, 9.17) is 4.74 Å². The van der Waals surface area contributed by atoms with Crippen molar-refractivity contribution in [1.82, 2.24) is 0 Å². The molecule has 3 atom stereocenters. The summed E-state index contributed by atoms with van der Waals surface area (Å²) in [5.74, 6) is 0.431. The molecule has 5 rings (SSSR count). The summed E-state index contributed by atoms with van der Waals surface area (Å²) < 4.78 is 36.3. The summed E-state index contributed by atoms with van der Waals surface area (Å²) in [7, 11) is -2.22. The molecule has 0 aliphatic heterocycles. The van der Waals surface area contributed by atoms with Crippen LogP contribution in [0.2, 0.25) is 0 Å². The molecule has 0 bridgehead atoms. The van der Waals surface area contributed by atoms with E-state index in [0.717, 1.165) is 45.5 Å². The van der Waals surface area contributed by atoms with Crippen molar-refractivity contribution in [2.75, 3.05) is 7.11 Å². The average Bonchev–Trinajstić information content (AvgIpc) is 2.94. The number of carbonyl (C=O) groups excluding carboxylic acids is 1. The molecule has 41 heavy (non-hydrogen) atoms. The Morgan fingerprint density at radius 2 is 1.59 bits per heavy atom. The number of allylic oxidation sites excluding steroid dienone is 1. The van der Waals surface area contributed by atoms with Gasteiger partial charge in [-0.25, -0.2) is 0 Å². The van der Waals surface area contributed by atoms with Gasteiger partial charge in [0.05, 0.1) is 0 Å². The van der Waals surface area contributed by atoms with Crippen molar-refractivity contribution in [3.8, 4) is 5.75 Å². The van der Waals surface area contributed by atoms with Crippen LogP contribution in [0.1, 0.15) is 52.9 Å². The van der Waals surface area contributed by atoms with Gasteiger partial charge < -0.3 is 0 Å². The van der Waals surface area contributed by atoms with Crippen molar-refractivity contribution in [2.45, 2.75) is 67.9 Å². The molecular formula is C34H38O4S2Se. The van der Waals surface area contributed by atoms with Crippen LogP contribution in [-0.4, -0.2) is 40.4 Å². The zero-order chi connectivity index (χ0) is 29.3. The fourth-order valence-electron chi connectivity index (χ4n) is 7.17. The van der Waals surface area contributed by atoms with Crippen LogP contribution >= 0.6 is 11.8 Å². The van der Waals surface area contributed by atoms with E-state index < -0.39 is 20.5 Å². The summed E-state index contributed by atoms with van der Waals surface area (Å²) in [4.78, 5) is 16.0. The van der Waals surface area contributed by atoms with Gasteiger partial charge in [-0.05, 0) is 0 Å². The van der Waals surface area contributed by atoms with Gasteiger partial charge in [0.1, 0.15) is 0 Å². The first-order valence-corrected chi connectivity index (χ1v) is 18.2. The minimum absolute atomic E-state index is 0.193. The van der Waals surface area contributed by atoms with E-state index in [1.807, 2.05) is 60.7 Å². The predicted molar refractivity (Wildman–Crippen MR) is 169 cm³/mol. The number of methoxy groups -OCH3 is 1. The Balaban J connectivity index is 1.64. The molecule has 1 saturated carbocycles. The van der Waals surface area contributed by atoms with Crippen LogP contribution in [0.4, 0.5) is 0 Å². The van der Waals surface area contributed by atoms with Crippen LogP contribution in [0.25, 0.3) is 0 Å². The van der Waals surface area contributed by atoms with E-state index in [0.29, 0.717) is 17.1 Å². The maximum atomic E-state index is 14.8.